The van der Waals surface area contributed by atoms with Crippen LogP contribution in [0.2, 0.25) is 0 Å². The molecule has 2 rings (SSSR count). The standard InChI is InChI=1S/C17H29N3O2S.HI/c1-2-18-17(20-12-16-6-11-23-14-16)19-7-3-8-22-13-15-4-9-21-10-5-15;/h6,11,14-15H,2-5,7-10,12-13H2,1H3,(H2,18,19,20);1H. The molecular weight excluding hydrogens is 437 g/mol. The number of nitrogens with one attached hydrogen (secondary N) is 2. The van der Waals surface area contributed by atoms with Gasteiger partial charge in [0.1, 0.15) is 0 Å². The zero-order valence-electron chi connectivity index (χ0n) is 14.5. The Morgan fingerprint density at radius 3 is 2.92 bits per heavy atom. The Bertz CT molecular complexity index is 437. The predicted molar refractivity (Wildman–Crippen MR) is 112 cm³/mol. The lowest BCUT2D eigenvalue weighted by molar-refractivity contribution is 0.0203. The molecule has 2 N–H and O–H groups in total. The van der Waals surface area contributed by atoms with Gasteiger partial charge < -0.3 is 20.1 Å². The van der Waals surface area contributed by atoms with Crippen LogP contribution >= 0.6 is 35.3 Å². The molecule has 0 spiro atoms. The van der Waals surface area contributed by atoms with Gasteiger partial charge in [-0.25, -0.2) is 4.99 Å². The Labute approximate surface area is 166 Å². The molecule has 0 aliphatic carbocycles. The molecule has 2 heterocycles. The fraction of sp³-hybridized carbons (Fsp3) is 0.706. The smallest absolute Gasteiger partial charge is 0.191 e. The number of hydrogen-bond acceptors (Lipinski definition) is 4. The SMILES string of the molecule is CCNC(=NCc1ccsc1)NCCCOCC1CCOCC1.I. The molecule has 5 nitrogen and oxygen atoms in total. The summed E-state index contributed by atoms with van der Waals surface area (Å²) in [7, 11) is 0. The number of nitrogens with zero attached hydrogens (tertiary/aromatic N) is 1. The molecule has 1 aromatic rings. The van der Waals surface area contributed by atoms with Crippen LogP contribution in [0.5, 0.6) is 0 Å². The minimum Gasteiger partial charge on any atom is -0.381 e. The molecule has 24 heavy (non-hydrogen) atoms. The van der Waals surface area contributed by atoms with Crippen LogP contribution in [-0.2, 0) is 16.0 Å². The summed E-state index contributed by atoms with van der Waals surface area (Å²) in [4.78, 5) is 4.59. The van der Waals surface area contributed by atoms with E-state index in [0.29, 0.717) is 5.92 Å². The van der Waals surface area contributed by atoms with E-state index in [9.17, 15) is 0 Å². The maximum Gasteiger partial charge on any atom is 0.191 e. The number of aliphatic imine (C=N–C) groups is 1. The summed E-state index contributed by atoms with van der Waals surface area (Å²) in [6.45, 7) is 8.01. The molecule has 0 amide bonds. The number of halogens is 1. The van der Waals surface area contributed by atoms with Gasteiger partial charge in [0, 0.05) is 39.5 Å². The van der Waals surface area contributed by atoms with Crippen molar-refractivity contribution in [1.29, 1.82) is 0 Å². The van der Waals surface area contributed by atoms with Crippen molar-refractivity contribution < 1.29 is 9.47 Å². The van der Waals surface area contributed by atoms with Gasteiger partial charge >= 0.3 is 0 Å². The highest BCUT2D eigenvalue weighted by Gasteiger charge is 2.13. The summed E-state index contributed by atoms with van der Waals surface area (Å²) in [5.74, 6) is 1.56. The summed E-state index contributed by atoms with van der Waals surface area (Å²) in [6.07, 6.45) is 3.27. The second-order valence-corrected chi connectivity index (χ2v) is 6.52. The molecule has 0 bridgehead atoms. The van der Waals surface area contributed by atoms with E-state index in [1.807, 2.05) is 0 Å². The van der Waals surface area contributed by atoms with Crippen LogP contribution in [-0.4, -0.2) is 45.5 Å². The Morgan fingerprint density at radius 1 is 1.38 bits per heavy atom. The largest absolute Gasteiger partial charge is 0.381 e. The molecule has 1 aliphatic heterocycles. The van der Waals surface area contributed by atoms with Crippen LogP contribution in [0.3, 0.4) is 0 Å². The predicted octanol–water partition coefficient (Wildman–Crippen LogP) is 3.25. The highest BCUT2D eigenvalue weighted by molar-refractivity contribution is 14.0. The normalized spacial score (nSPS) is 15.8. The number of ether oxygens (including phenoxy) is 2. The Hall–Kier alpha value is -0.380. The molecule has 1 saturated heterocycles. The summed E-state index contributed by atoms with van der Waals surface area (Å²) < 4.78 is 11.1. The van der Waals surface area contributed by atoms with Crippen molar-refractivity contribution in [2.24, 2.45) is 10.9 Å². The van der Waals surface area contributed by atoms with Crippen molar-refractivity contribution in [3.8, 4) is 0 Å². The molecule has 0 saturated carbocycles. The zero-order chi connectivity index (χ0) is 16.2. The first kappa shape index (κ1) is 21.7. The van der Waals surface area contributed by atoms with Crippen molar-refractivity contribution in [3.05, 3.63) is 22.4 Å². The van der Waals surface area contributed by atoms with E-state index < -0.39 is 0 Å². The third-order valence-corrected chi connectivity index (χ3v) is 4.53. The third kappa shape index (κ3) is 9.19. The van der Waals surface area contributed by atoms with Crippen molar-refractivity contribution in [2.45, 2.75) is 32.7 Å². The van der Waals surface area contributed by atoms with Crippen molar-refractivity contribution in [1.82, 2.24) is 10.6 Å². The van der Waals surface area contributed by atoms with E-state index in [4.69, 9.17) is 9.47 Å². The zero-order valence-corrected chi connectivity index (χ0v) is 17.6. The molecule has 0 radical (unpaired) electrons. The van der Waals surface area contributed by atoms with Crippen molar-refractivity contribution in [3.63, 3.8) is 0 Å². The van der Waals surface area contributed by atoms with Crippen LogP contribution in [0.25, 0.3) is 0 Å². The van der Waals surface area contributed by atoms with Gasteiger partial charge in [0.2, 0.25) is 0 Å². The first-order valence-corrected chi connectivity index (χ1v) is 9.51. The average molecular weight is 467 g/mol. The number of hydrogen-bond donors (Lipinski definition) is 2. The lowest BCUT2D eigenvalue weighted by Gasteiger charge is -2.21. The van der Waals surface area contributed by atoms with E-state index in [-0.39, 0.29) is 24.0 Å². The molecular formula is C17H30IN3O2S. The van der Waals surface area contributed by atoms with Crippen LogP contribution in [0.1, 0.15) is 31.7 Å². The van der Waals surface area contributed by atoms with E-state index in [1.54, 1.807) is 11.3 Å². The van der Waals surface area contributed by atoms with Gasteiger partial charge in [0.25, 0.3) is 0 Å². The van der Waals surface area contributed by atoms with E-state index in [1.165, 1.54) is 5.56 Å². The third-order valence-electron chi connectivity index (χ3n) is 3.80. The molecule has 1 fully saturated rings. The van der Waals surface area contributed by atoms with Crippen LogP contribution in [0, 0.1) is 5.92 Å². The number of guanidine groups is 1. The van der Waals surface area contributed by atoms with E-state index in [2.05, 4.69) is 39.4 Å². The topological polar surface area (TPSA) is 54.9 Å². The van der Waals surface area contributed by atoms with Crippen molar-refractivity contribution >= 4 is 41.3 Å². The monoisotopic (exact) mass is 467 g/mol. The Kier molecular flexibility index (Phi) is 12.5. The minimum atomic E-state index is 0. The molecule has 0 unspecified atom stereocenters. The number of rotatable bonds is 9. The van der Waals surface area contributed by atoms with Crippen LogP contribution in [0.15, 0.2) is 21.8 Å². The van der Waals surface area contributed by atoms with Gasteiger partial charge in [-0.05, 0) is 54.5 Å². The molecule has 0 aromatic carbocycles. The highest BCUT2D eigenvalue weighted by atomic mass is 127. The maximum atomic E-state index is 5.78. The fourth-order valence-electron chi connectivity index (χ4n) is 2.44. The molecule has 1 aromatic heterocycles. The minimum absolute atomic E-state index is 0. The lowest BCUT2D eigenvalue weighted by atomic mass is 10.0. The van der Waals surface area contributed by atoms with Crippen molar-refractivity contribution in [2.75, 3.05) is 39.5 Å². The summed E-state index contributed by atoms with van der Waals surface area (Å²) in [5.41, 5.74) is 1.26. The first-order chi connectivity index (χ1) is 11.4. The van der Waals surface area contributed by atoms with Gasteiger partial charge in [-0.15, -0.1) is 24.0 Å². The first-order valence-electron chi connectivity index (χ1n) is 8.57. The lowest BCUT2D eigenvalue weighted by Crippen LogP contribution is -2.38. The molecule has 0 atom stereocenters. The van der Waals surface area contributed by atoms with E-state index >= 15 is 0 Å². The van der Waals surface area contributed by atoms with E-state index in [0.717, 1.165) is 71.3 Å². The summed E-state index contributed by atoms with van der Waals surface area (Å²) in [5, 5.41) is 10.9. The molecule has 7 heteroatoms. The maximum absolute atomic E-state index is 5.78. The van der Waals surface area contributed by atoms with Crippen LogP contribution < -0.4 is 10.6 Å². The van der Waals surface area contributed by atoms with Gasteiger partial charge in [-0.3, -0.25) is 0 Å². The Balaban J connectivity index is 0.00000288. The highest BCUT2D eigenvalue weighted by Crippen LogP contribution is 2.14. The van der Waals surface area contributed by atoms with Gasteiger partial charge in [-0.1, -0.05) is 0 Å². The van der Waals surface area contributed by atoms with Gasteiger partial charge in [-0.2, -0.15) is 11.3 Å². The summed E-state index contributed by atoms with van der Waals surface area (Å²) >= 11 is 1.71. The second kappa shape index (κ2) is 13.9. The van der Waals surface area contributed by atoms with Gasteiger partial charge in [0.05, 0.1) is 6.54 Å². The quantitative estimate of drug-likeness (QED) is 0.254. The summed E-state index contributed by atoms with van der Waals surface area (Å²) in [6, 6.07) is 2.11. The fourth-order valence-corrected chi connectivity index (χ4v) is 3.10. The van der Waals surface area contributed by atoms with Crippen LogP contribution in [0.4, 0.5) is 0 Å². The average Bonchev–Trinajstić information content (AvgIpc) is 3.10. The molecule has 138 valence electrons. The Morgan fingerprint density at radius 2 is 2.21 bits per heavy atom. The molecule has 1 aliphatic rings. The van der Waals surface area contributed by atoms with Gasteiger partial charge in [0.15, 0.2) is 5.96 Å². The second-order valence-electron chi connectivity index (χ2n) is 5.74. The number of thiophene rings is 1.